The monoisotopic (exact) mass is 183 g/mol. The van der Waals surface area contributed by atoms with E-state index in [4.69, 9.17) is 14.1 Å². The van der Waals surface area contributed by atoms with Crippen molar-refractivity contribution in [1.82, 2.24) is 0 Å². The molecule has 3 heteroatoms. The van der Waals surface area contributed by atoms with E-state index in [-0.39, 0.29) is 0 Å². The van der Waals surface area contributed by atoms with Crippen molar-refractivity contribution in [3.05, 3.63) is 36.3 Å². The molecule has 3 nitrogen and oxygen atoms in total. The lowest BCUT2D eigenvalue weighted by molar-refractivity contribution is 0.611. The van der Waals surface area contributed by atoms with E-state index >= 15 is 0 Å². The quantitative estimate of drug-likeness (QED) is 0.538. The highest BCUT2D eigenvalue weighted by atomic mass is 16.3. The molecule has 0 aliphatic heterocycles. The molecule has 0 aliphatic rings. The molecule has 3 aromatic rings. The van der Waals surface area contributed by atoms with Gasteiger partial charge in [0.2, 0.25) is 0 Å². The van der Waals surface area contributed by atoms with Crippen LogP contribution in [0.25, 0.3) is 21.9 Å². The van der Waals surface area contributed by atoms with Crippen LogP contribution in [0, 0.1) is 11.3 Å². The fraction of sp³-hybridized carbons (Fsp3) is 0. The molecule has 0 bridgehead atoms. The molecule has 1 aromatic carbocycles. The maximum absolute atomic E-state index is 9.02. The van der Waals surface area contributed by atoms with Gasteiger partial charge in [-0.05, 0) is 18.2 Å². The van der Waals surface area contributed by atoms with E-state index in [9.17, 15) is 0 Å². The van der Waals surface area contributed by atoms with Gasteiger partial charge in [-0.15, -0.1) is 0 Å². The van der Waals surface area contributed by atoms with Crippen molar-refractivity contribution in [2.45, 2.75) is 0 Å². The number of furan rings is 2. The molecular weight excluding hydrogens is 178 g/mol. The Bertz CT molecular complexity index is 606. The van der Waals surface area contributed by atoms with Crippen molar-refractivity contribution in [2.24, 2.45) is 0 Å². The lowest BCUT2D eigenvalue weighted by Gasteiger charge is -1.93. The van der Waals surface area contributed by atoms with Crippen LogP contribution < -0.4 is 0 Å². The predicted molar refractivity (Wildman–Crippen MR) is 50.7 cm³/mol. The maximum atomic E-state index is 9.02. The van der Waals surface area contributed by atoms with Crippen LogP contribution in [0.4, 0.5) is 0 Å². The summed E-state index contributed by atoms with van der Waals surface area (Å²) in [5, 5.41) is 10.7. The van der Waals surface area contributed by atoms with Gasteiger partial charge in [-0.3, -0.25) is 0 Å². The molecular formula is C11H5NO2. The van der Waals surface area contributed by atoms with Gasteiger partial charge in [0.25, 0.3) is 0 Å². The molecule has 0 spiro atoms. The Morgan fingerprint density at radius 1 is 1.14 bits per heavy atom. The molecule has 14 heavy (non-hydrogen) atoms. The summed E-state index contributed by atoms with van der Waals surface area (Å²) in [6.07, 6.45) is 3.15. The van der Waals surface area contributed by atoms with Gasteiger partial charge in [0, 0.05) is 10.8 Å². The summed E-state index contributed by atoms with van der Waals surface area (Å²) in [5.74, 6) is 0. The molecule has 2 aromatic heterocycles. The third-order valence-electron chi connectivity index (χ3n) is 2.29. The Kier molecular flexibility index (Phi) is 1.23. The Labute approximate surface area is 79.1 Å². The number of hydrogen-bond donors (Lipinski definition) is 0. The van der Waals surface area contributed by atoms with Crippen molar-refractivity contribution in [2.75, 3.05) is 0 Å². The average Bonchev–Trinajstić information content (AvgIpc) is 2.80. The summed E-state index contributed by atoms with van der Waals surface area (Å²) >= 11 is 0. The largest absolute Gasteiger partial charge is 0.464 e. The lowest BCUT2D eigenvalue weighted by Crippen LogP contribution is -1.76. The highest BCUT2D eigenvalue weighted by Crippen LogP contribution is 2.29. The second-order valence-corrected chi connectivity index (χ2v) is 3.03. The van der Waals surface area contributed by atoms with E-state index in [0.717, 1.165) is 16.4 Å². The van der Waals surface area contributed by atoms with Gasteiger partial charge < -0.3 is 8.83 Å². The zero-order chi connectivity index (χ0) is 9.54. The van der Waals surface area contributed by atoms with Crippen molar-refractivity contribution in [1.29, 1.82) is 5.26 Å². The summed E-state index contributed by atoms with van der Waals surface area (Å²) in [6, 6.07) is 7.59. The second kappa shape index (κ2) is 2.39. The first-order chi connectivity index (χ1) is 6.90. The van der Waals surface area contributed by atoms with Crippen LogP contribution >= 0.6 is 0 Å². The highest BCUT2D eigenvalue weighted by Gasteiger charge is 2.11. The van der Waals surface area contributed by atoms with E-state index in [1.165, 1.54) is 0 Å². The maximum Gasteiger partial charge on any atom is 0.152 e. The molecule has 66 valence electrons. The molecule has 0 amide bonds. The first-order valence-corrected chi connectivity index (χ1v) is 4.17. The zero-order valence-corrected chi connectivity index (χ0v) is 7.15. The van der Waals surface area contributed by atoms with Gasteiger partial charge in [0.15, 0.2) is 5.58 Å². The van der Waals surface area contributed by atoms with Crippen molar-refractivity contribution in [3.63, 3.8) is 0 Å². The second-order valence-electron chi connectivity index (χ2n) is 3.03. The van der Waals surface area contributed by atoms with Crippen LogP contribution in [0.3, 0.4) is 0 Å². The minimum absolute atomic E-state index is 0.538. The third kappa shape index (κ3) is 0.748. The standard InChI is InChI=1S/C11H5NO2/c12-6-9-8-2-4-13-10(8)5-7-1-3-14-11(7)9/h1-5H. The van der Waals surface area contributed by atoms with Crippen LogP contribution in [0.1, 0.15) is 5.56 Å². The van der Waals surface area contributed by atoms with Crippen LogP contribution in [-0.2, 0) is 0 Å². The molecule has 0 saturated heterocycles. The fourth-order valence-electron chi connectivity index (χ4n) is 1.65. The van der Waals surface area contributed by atoms with E-state index in [0.29, 0.717) is 11.1 Å². The van der Waals surface area contributed by atoms with E-state index in [1.807, 2.05) is 12.1 Å². The normalized spacial score (nSPS) is 10.8. The summed E-state index contributed by atoms with van der Waals surface area (Å²) in [4.78, 5) is 0. The smallest absolute Gasteiger partial charge is 0.152 e. The minimum Gasteiger partial charge on any atom is -0.464 e. The molecule has 0 aliphatic carbocycles. The highest BCUT2D eigenvalue weighted by molar-refractivity contribution is 5.99. The number of rotatable bonds is 0. The summed E-state index contributed by atoms with van der Waals surface area (Å²) in [6.45, 7) is 0. The van der Waals surface area contributed by atoms with E-state index < -0.39 is 0 Å². The third-order valence-corrected chi connectivity index (χ3v) is 2.29. The minimum atomic E-state index is 0.538. The average molecular weight is 183 g/mol. The number of benzene rings is 1. The molecule has 0 saturated carbocycles. The van der Waals surface area contributed by atoms with Crippen LogP contribution in [0.5, 0.6) is 0 Å². The van der Waals surface area contributed by atoms with Crippen LogP contribution in [-0.4, -0.2) is 0 Å². The van der Waals surface area contributed by atoms with Gasteiger partial charge >= 0.3 is 0 Å². The Morgan fingerprint density at radius 2 is 2.00 bits per heavy atom. The fourth-order valence-corrected chi connectivity index (χ4v) is 1.65. The topological polar surface area (TPSA) is 50.1 Å². The molecule has 0 radical (unpaired) electrons. The van der Waals surface area contributed by atoms with Gasteiger partial charge in [-0.25, -0.2) is 0 Å². The molecule has 2 heterocycles. The van der Waals surface area contributed by atoms with E-state index in [2.05, 4.69) is 6.07 Å². The lowest BCUT2D eigenvalue weighted by atomic mass is 10.1. The predicted octanol–water partition coefficient (Wildman–Crippen LogP) is 3.05. The van der Waals surface area contributed by atoms with E-state index in [1.54, 1.807) is 18.6 Å². The zero-order valence-electron chi connectivity index (χ0n) is 7.15. The molecule has 0 unspecified atom stereocenters. The Balaban J connectivity index is 2.68. The molecule has 3 rings (SSSR count). The van der Waals surface area contributed by atoms with Gasteiger partial charge in [0.05, 0.1) is 12.5 Å². The number of fused-ring (bicyclic) bond motifs is 2. The van der Waals surface area contributed by atoms with Crippen LogP contribution in [0.15, 0.2) is 39.6 Å². The number of nitrogens with zero attached hydrogens (tertiary/aromatic N) is 1. The van der Waals surface area contributed by atoms with Crippen LogP contribution in [0.2, 0.25) is 0 Å². The Hall–Kier alpha value is -2.21. The van der Waals surface area contributed by atoms with Crippen molar-refractivity contribution >= 4 is 21.9 Å². The number of nitriles is 1. The van der Waals surface area contributed by atoms with Gasteiger partial charge in [-0.1, -0.05) is 0 Å². The van der Waals surface area contributed by atoms with Gasteiger partial charge in [-0.2, -0.15) is 5.26 Å². The first-order valence-electron chi connectivity index (χ1n) is 4.17. The molecule has 0 fully saturated rings. The SMILES string of the molecule is N#Cc1c2ccoc2cc2ccoc12. The summed E-state index contributed by atoms with van der Waals surface area (Å²) < 4.78 is 10.5. The van der Waals surface area contributed by atoms with Crippen molar-refractivity contribution < 1.29 is 8.83 Å². The molecule has 0 atom stereocenters. The molecule has 0 N–H and O–H groups in total. The first kappa shape index (κ1) is 7.22. The summed E-state index contributed by atoms with van der Waals surface area (Å²) in [7, 11) is 0. The summed E-state index contributed by atoms with van der Waals surface area (Å²) in [5.41, 5.74) is 1.88. The Morgan fingerprint density at radius 3 is 2.86 bits per heavy atom. The van der Waals surface area contributed by atoms with Gasteiger partial charge in [0.1, 0.15) is 17.2 Å². The number of hydrogen-bond acceptors (Lipinski definition) is 3. The van der Waals surface area contributed by atoms with Crippen molar-refractivity contribution in [3.8, 4) is 6.07 Å².